The summed E-state index contributed by atoms with van der Waals surface area (Å²) in [6.07, 6.45) is 5.85. The zero-order valence-electron chi connectivity index (χ0n) is 16.6. The largest absolute Gasteiger partial charge is 0.447 e. The highest BCUT2D eigenvalue weighted by Gasteiger charge is 2.49. The molecule has 3 aromatic rings. The van der Waals surface area contributed by atoms with E-state index in [1.807, 2.05) is 6.92 Å². The van der Waals surface area contributed by atoms with E-state index < -0.39 is 0 Å². The van der Waals surface area contributed by atoms with Crippen LogP contribution in [0, 0.1) is 12.3 Å². The first kappa shape index (κ1) is 19.1. The van der Waals surface area contributed by atoms with Gasteiger partial charge in [0.25, 0.3) is 0 Å². The number of nitrogen functional groups attached to an aromatic ring is 2. The molecule has 0 aromatic carbocycles. The molecule has 0 saturated carbocycles. The van der Waals surface area contributed by atoms with Gasteiger partial charge in [0.05, 0.1) is 17.4 Å². The van der Waals surface area contributed by atoms with E-state index in [2.05, 4.69) is 29.8 Å². The molecular weight excluding hydrogens is 402 g/mol. The normalized spacial score (nSPS) is 19.9. The number of aryl methyl sites for hydroxylation is 1. The van der Waals surface area contributed by atoms with Gasteiger partial charge in [0, 0.05) is 31.1 Å². The SMILES string of the molecule is Cc1nc(Sc2ccnc(N)n2)c(N)nc1N1CCC2(CC1)Cc1ncoc1[C@H]2N. The number of fused-ring (bicyclic) bond motifs is 1. The van der Waals surface area contributed by atoms with Crippen LogP contribution in [-0.4, -0.2) is 38.0 Å². The van der Waals surface area contributed by atoms with Gasteiger partial charge in [-0.05, 0) is 37.6 Å². The molecule has 1 aliphatic heterocycles. The molecular formula is C19H23N9OS. The average molecular weight is 426 g/mol. The first-order valence-electron chi connectivity index (χ1n) is 9.78. The van der Waals surface area contributed by atoms with E-state index >= 15 is 0 Å². The number of piperidine rings is 1. The molecule has 11 heteroatoms. The molecule has 0 radical (unpaired) electrons. The van der Waals surface area contributed by atoms with Crippen LogP contribution in [0.5, 0.6) is 0 Å². The lowest BCUT2D eigenvalue weighted by molar-refractivity contribution is 0.173. The Morgan fingerprint density at radius 1 is 1.17 bits per heavy atom. The number of nitrogens with zero attached hydrogens (tertiary/aromatic N) is 6. The zero-order valence-corrected chi connectivity index (χ0v) is 17.4. The second-order valence-corrected chi connectivity index (χ2v) is 8.85. The van der Waals surface area contributed by atoms with Crippen LogP contribution < -0.4 is 22.1 Å². The first-order valence-corrected chi connectivity index (χ1v) is 10.6. The van der Waals surface area contributed by atoms with Crippen molar-refractivity contribution in [3.05, 3.63) is 35.8 Å². The summed E-state index contributed by atoms with van der Waals surface area (Å²) in [5.74, 6) is 2.24. The maximum atomic E-state index is 6.52. The Labute approximate surface area is 177 Å². The van der Waals surface area contributed by atoms with Gasteiger partial charge in [0.15, 0.2) is 18.0 Å². The first-order chi connectivity index (χ1) is 14.4. The third-order valence-corrected chi connectivity index (χ3v) is 7.01. The Morgan fingerprint density at radius 2 is 1.97 bits per heavy atom. The summed E-state index contributed by atoms with van der Waals surface area (Å²) in [6, 6.07) is 1.66. The van der Waals surface area contributed by atoms with Gasteiger partial charge in [-0.1, -0.05) is 0 Å². The minimum atomic E-state index is -0.103. The number of anilines is 3. The van der Waals surface area contributed by atoms with Crippen molar-refractivity contribution in [2.75, 3.05) is 29.5 Å². The van der Waals surface area contributed by atoms with E-state index in [0.717, 1.165) is 55.3 Å². The molecule has 30 heavy (non-hydrogen) atoms. The molecule has 10 nitrogen and oxygen atoms in total. The Bertz CT molecular complexity index is 1090. The molecule has 156 valence electrons. The zero-order chi connectivity index (χ0) is 20.9. The lowest BCUT2D eigenvalue weighted by Crippen LogP contribution is -2.45. The molecule has 4 heterocycles. The highest BCUT2D eigenvalue weighted by atomic mass is 32.2. The van der Waals surface area contributed by atoms with Crippen LogP contribution >= 0.6 is 11.8 Å². The van der Waals surface area contributed by atoms with Crippen LogP contribution in [0.25, 0.3) is 0 Å². The van der Waals surface area contributed by atoms with Gasteiger partial charge in [0.1, 0.15) is 15.8 Å². The average Bonchev–Trinajstić information content (AvgIpc) is 3.27. The van der Waals surface area contributed by atoms with Crippen molar-refractivity contribution in [3.63, 3.8) is 0 Å². The van der Waals surface area contributed by atoms with Crippen molar-refractivity contribution in [1.29, 1.82) is 0 Å². The third-order valence-electron chi connectivity index (χ3n) is 6.08. The van der Waals surface area contributed by atoms with E-state index in [1.54, 1.807) is 12.3 Å². The number of nitrogens with two attached hydrogens (primary N) is 3. The van der Waals surface area contributed by atoms with E-state index in [1.165, 1.54) is 18.2 Å². The molecule has 2 aliphatic rings. The van der Waals surface area contributed by atoms with E-state index in [4.69, 9.17) is 21.6 Å². The van der Waals surface area contributed by atoms with Crippen LogP contribution in [0.3, 0.4) is 0 Å². The minimum absolute atomic E-state index is 0.00847. The number of hydrogen-bond donors (Lipinski definition) is 3. The monoisotopic (exact) mass is 425 g/mol. The van der Waals surface area contributed by atoms with Crippen molar-refractivity contribution in [3.8, 4) is 0 Å². The van der Waals surface area contributed by atoms with Crippen LogP contribution in [0.1, 0.15) is 36.0 Å². The fourth-order valence-electron chi connectivity index (χ4n) is 4.43. The van der Waals surface area contributed by atoms with Crippen LogP contribution in [0.4, 0.5) is 17.6 Å². The predicted octanol–water partition coefficient (Wildman–Crippen LogP) is 1.72. The quantitative estimate of drug-likeness (QED) is 0.524. The number of aromatic nitrogens is 5. The maximum absolute atomic E-state index is 6.52. The van der Waals surface area contributed by atoms with Gasteiger partial charge >= 0.3 is 0 Å². The smallest absolute Gasteiger partial charge is 0.221 e. The van der Waals surface area contributed by atoms with Crippen molar-refractivity contribution >= 4 is 29.3 Å². The van der Waals surface area contributed by atoms with Gasteiger partial charge in [0.2, 0.25) is 5.95 Å². The number of rotatable bonds is 3. The summed E-state index contributed by atoms with van der Waals surface area (Å²) < 4.78 is 5.52. The molecule has 6 N–H and O–H groups in total. The molecule has 1 fully saturated rings. The molecule has 0 amide bonds. The summed E-state index contributed by atoms with van der Waals surface area (Å²) in [6.45, 7) is 3.62. The predicted molar refractivity (Wildman–Crippen MR) is 113 cm³/mol. The van der Waals surface area contributed by atoms with Gasteiger partial charge in [-0.25, -0.2) is 24.9 Å². The van der Waals surface area contributed by atoms with Crippen molar-refractivity contribution in [2.45, 2.75) is 42.3 Å². The van der Waals surface area contributed by atoms with Gasteiger partial charge < -0.3 is 26.5 Å². The fraction of sp³-hybridized carbons (Fsp3) is 0.421. The van der Waals surface area contributed by atoms with Gasteiger partial charge in [-0.2, -0.15) is 0 Å². The lowest BCUT2D eigenvalue weighted by atomic mass is 9.73. The molecule has 5 rings (SSSR count). The molecule has 0 bridgehead atoms. The number of oxazole rings is 1. The highest BCUT2D eigenvalue weighted by Crippen LogP contribution is 2.50. The Kier molecular flexibility index (Phi) is 4.51. The van der Waals surface area contributed by atoms with E-state index in [0.29, 0.717) is 15.9 Å². The summed E-state index contributed by atoms with van der Waals surface area (Å²) in [5.41, 5.74) is 20.2. The molecule has 1 saturated heterocycles. The summed E-state index contributed by atoms with van der Waals surface area (Å²) in [7, 11) is 0. The second kappa shape index (κ2) is 7.10. The summed E-state index contributed by atoms with van der Waals surface area (Å²) in [5, 5.41) is 1.28. The Balaban J connectivity index is 1.32. The van der Waals surface area contributed by atoms with Gasteiger partial charge in [-0.3, -0.25) is 0 Å². The molecule has 1 spiro atoms. The number of hydrogen-bond acceptors (Lipinski definition) is 11. The topological polar surface area (TPSA) is 159 Å². The third kappa shape index (κ3) is 3.14. The fourth-order valence-corrected chi connectivity index (χ4v) is 5.23. The van der Waals surface area contributed by atoms with Crippen LogP contribution in [-0.2, 0) is 6.42 Å². The van der Waals surface area contributed by atoms with Crippen molar-refractivity contribution < 1.29 is 4.42 Å². The van der Waals surface area contributed by atoms with Crippen LogP contribution in [0.15, 0.2) is 33.1 Å². The van der Waals surface area contributed by atoms with Crippen molar-refractivity contribution in [2.24, 2.45) is 11.1 Å². The molecule has 3 aromatic heterocycles. The molecule has 0 unspecified atom stereocenters. The standard InChI is InChI=1S/C19H23N9OS/c1-10-16(27-15(21)17(25-10)30-12-2-5-23-18(22)26-12)28-6-3-19(4-7-28)8-11-13(14(19)20)29-9-24-11/h2,5,9,14H,3-4,6-8,20H2,1H3,(H2,21,27)(H2,22,23,26)/t14-/m1/s1. The van der Waals surface area contributed by atoms with Crippen LogP contribution in [0.2, 0.25) is 0 Å². The van der Waals surface area contributed by atoms with Crippen molar-refractivity contribution in [1.82, 2.24) is 24.9 Å². The summed E-state index contributed by atoms with van der Waals surface area (Å²) in [4.78, 5) is 24.0. The minimum Gasteiger partial charge on any atom is -0.447 e. The second-order valence-electron chi connectivity index (χ2n) is 7.85. The Hall–Kier alpha value is -2.92. The molecule has 1 aliphatic carbocycles. The van der Waals surface area contributed by atoms with Gasteiger partial charge in [-0.15, -0.1) is 0 Å². The Morgan fingerprint density at radius 3 is 2.70 bits per heavy atom. The molecule has 1 atom stereocenters. The van der Waals surface area contributed by atoms with E-state index in [9.17, 15) is 0 Å². The lowest BCUT2D eigenvalue weighted by Gasteiger charge is -2.42. The summed E-state index contributed by atoms with van der Waals surface area (Å²) >= 11 is 1.33. The maximum Gasteiger partial charge on any atom is 0.221 e. The van der Waals surface area contributed by atoms with E-state index in [-0.39, 0.29) is 17.4 Å². The highest BCUT2D eigenvalue weighted by molar-refractivity contribution is 7.99.